The molecule has 0 spiro atoms. The van der Waals surface area contributed by atoms with E-state index < -0.39 is 34.8 Å². The predicted molar refractivity (Wildman–Crippen MR) is 76.2 cm³/mol. The number of alkyl carbamates (subject to hydrolysis) is 1. The van der Waals surface area contributed by atoms with Crippen molar-refractivity contribution in [1.82, 2.24) is 5.32 Å². The number of hydrogen-bond donors (Lipinski definition) is 1. The summed E-state index contributed by atoms with van der Waals surface area (Å²) in [6, 6.07) is 1.82. The molecule has 6 nitrogen and oxygen atoms in total. The highest BCUT2D eigenvalue weighted by molar-refractivity contribution is 5.67. The van der Waals surface area contributed by atoms with Crippen LogP contribution in [0.15, 0.2) is 17.3 Å². The van der Waals surface area contributed by atoms with Gasteiger partial charge in [0.25, 0.3) is 0 Å². The molecule has 0 radical (unpaired) electrons. The zero-order valence-electron chi connectivity index (χ0n) is 12.6. The summed E-state index contributed by atoms with van der Waals surface area (Å²) < 4.78 is 37.0. The van der Waals surface area contributed by atoms with Gasteiger partial charge in [-0.3, -0.25) is 0 Å². The van der Waals surface area contributed by atoms with Crippen molar-refractivity contribution in [3.05, 3.63) is 28.7 Å². The number of nitrogens with one attached hydrogen (secondary N) is 1. The van der Waals surface area contributed by atoms with Crippen LogP contribution in [0.5, 0.6) is 5.75 Å². The Morgan fingerprint density at radius 2 is 2.00 bits per heavy atom. The normalized spacial score (nSPS) is 11.0. The first-order valence-electron chi connectivity index (χ1n) is 6.65. The summed E-state index contributed by atoms with van der Waals surface area (Å²) in [6.45, 7) is 5.36. The molecule has 1 rings (SSSR count). The third-order valence-electron chi connectivity index (χ3n) is 2.36. The molecule has 0 saturated heterocycles. The Bertz CT molecular complexity index is 544. The van der Waals surface area contributed by atoms with Crippen molar-refractivity contribution < 1.29 is 23.0 Å². The summed E-state index contributed by atoms with van der Waals surface area (Å²) in [5.41, 5.74) is -1.13. The molecule has 0 aliphatic rings. The van der Waals surface area contributed by atoms with Crippen LogP contribution in [-0.4, -0.2) is 24.8 Å². The van der Waals surface area contributed by atoms with E-state index in [1.807, 2.05) is 0 Å². The lowest BCUT2D eigenvalue weighted by atomic mass is 10.2. The monoisotopic (exact) mass is 316 g/mol. The van der Waals surface area contributed by atoms with Crippen molar-refractivity contribution in [2.75, 3.05) is 13.2 Å². The zero-order chi connectivity index (χ0) is 16.8. The van der Waals surface area contributed by atoms with Crippen LogP contribution in [0, 0.1) is 16.5 Å². The molecule has 0 aromatic heterocycles. The molecule has 0 aliphatic heterocycles. The maximum Gasteiger partial charge on any atom is 0.407 e. The first-order chi connectivity index (χ1) is 10.2. The third kappa shape index (κ3) is 5.63. The molecule has 0 fully saturated rings. The lowest BCUT2D eigenvalue weighted by Crippen LogP contribution is -2.33. The van der Waals surface area contributed by atoms with Gasteiger partial charge in [0.15, 0.2) is 17.4 Å². The molecular weight excluding hydrogens is 298 g/mol. The number of rotatable bonds is 6. The molecule has 1 amide bonds. The Hall–Kier alpha value is -2.25. The van der Waals surface area contributed by atoms with Gasteiger partial charge in [-0.1, -0.05) is 0 Å². The molecule has 122 valence electrons. The third-order valence-corrected chi connectivity index (χ3v) is 2.36. The Morgan fingerprint density at radius 1 is 1.32 bits per heavy atom. The van der Waals surface area contributed by atoms with Crippen molar-refractivity contribution in [1.29, 1.82) is 0 Å². The van der Waals surface area contributed by atoms with Crippen LogP contribution in [0.3, 0.4) is 0 Å². The number of halogens is 2. The van der Waals surface area contributed by atoms with Gasteiger partial charge in [-0.15, -0.1) is 4.91 Å². The number of ether oxygens (including phenoxy) is 2. The van der Waals surface area contributed by atoms with Gasteiger partial charge in [0.2, 0.25) is 0 Å². The number of carbonyl (C=O) groups excluding carboxylic acids is 1. The summed E-state index contributed by atoms with van der Waals surface area (Å²) in [6.07, 6.45) is -0.284. The van der Waals surface area contributed by atoms with Gasteiger partial charge < -0.3 is 14.8 Å². The molecular formula is C14H18F2N2O4. The smallest absolute Gasteiger partial charge is 0.407 e. The van der Waals surface area contributed by atoms with Crippen LogP contribution in [0.25, 0.3) is 0 Å². The van der Waals surface area contributed by atoms with E-state index in [0.29, 0.717) is 6.42 Å². The second kappa shape index (κ2) is 7.67. The van der Waals surface area contributed by atoms with Crippen molar-refractivity contribution in [3.63, 3.8) is 0 Å². The van der Waals surface area contributed by atoms with Crippen LogP contribution >= 0.6 is 0 Å². The first kappa shape index (κ1) is 17.8. The molecule has 22 heavy (non-hydrogen) atoms. The van der Waals surface area contributed by atoms with E-state index in [1.165, 1.54) is 0 Å². The maximum absolute atomic E-state index is 13.6. The Labute approximate surface area is 126 Å². The van der Waals surface area contributed by atoms with E-state index in [0.717, 1.165) is 12.1 Å². The van der Waals surface area contributed by atoms with E-state index in [1.54, 1.807) is 20.8 Å². The molecule has 0 saturated carbocycles. The minimum atomic E-state index is -1.14. The lowest BCUT2D eigenvalue weighted by molar-refractivity contribution is 0.0525. The summed E-state index contributed by atoms with van der Waals surface area (Å²) >= 11 is 0. The molecule has 0 aliphatic carbocycles. The topological polar surface area (TPSA) is 77.0 Å². The maximum atomic E-state index is 13.6. The van der Waals surface area contributed by atoms with Crippen molar-refractivity contribution in [2.45, 2.75) is 32.8 Å². The number of carbonyl (C=O) groups is 1. The molecule has 0 bridgehead atoms. The highest BCUT2D eigenvalue weighted by Crippen LogP contribution is 2.29. The largest absolute Gasteiger partial charge is 0.487 e. The second-order valence-electron chi connectivity index (χ2n) is 5.43. The van der Waals surface area contributed by atoms with E-state index in [2.05, 4.69) is 10.5 Å². The molecule has 8 heteroatoms. The Morgan fingerprint density at radius 3 is 2.59 bits per heavy atom. The molecule has 1 aromatic carbocycles. The number of nitroso groups, excluding NO2 is 1. The van der Waals surface area contributed by atoms with Gasteiger partial charge in [-0.25, -0.2) is 13.6 Å². The van der Waals surface area contributed by atoms with Gasteiger partial charge in [-0.2, -0.15) is 0 Å². The zero-order valence-corrected chi connectivity index (χ0v) is 12.6. The fraction of sp³-hybridized carbons (Fsp3) is 0.500. The van der Waals surface area contributed by atoms with Gasteiger partial charge in [0, 0.05) is 6.54 Å². The number of nitrogens with zero attached hydrogens (tertiary/aromatic N) is 1. The van der Waals surface area contributed by atoms with Gasteiger partial charge in [-0.05, 0) is 44.5 Å². The minimum Gasteiger partial charge on any atom is -0.487 e. The summed E-state index contributed by atoms with van der Waals surface area (Å²) in [5.74, 6) is -2.73. The Balaban J connectivity index is 2.40. The van der Waals surface area contributed by atoms with Crippen LogP contribution in [0.2, 0.25) is 0 Å². The van der Waals surface area contributed by atoms with E-state index >= 15 is 0 Å². The molecule has 0 unspecified atom stereocenters. The quantitative estimate of drug-likeness (QED) is 0.642. The van der Waals surface area contributed by atoms with Crippen LogP contribution in [-0.2, 0) is 4.74 Å². The molecule has 0 heterocycles. The van der Waals surface area contributed by atoms with Crippen molar-refractivity contribution in [2.24, 2.45) is 5.18 Å². The lowest BCUT2D eigenvalue weighted by Gasteiger charge is -2.19. The van der Waals surface area contributed by atoms with Crippen molar-refractivity contribution >= 4 is 11.8 Å². The minimum absolute atomic E-state index is 0.0497. The SMILES string of the molecule is CC(C)(C)OC(=O)NCCCOc1c(F)ccc(N=O)c1F. The van der Waals surface area contributed by atoms with Gasteiger partial charge >= 0.3 is 6.09 Å². The standard InChI is InChI=1S/C14H18F2N2O4/c1-14(2,3)22-13(19)17-7-4-8-21-12-9(15)5-6-10(18-20)11(12)16/h5-6H,4,7-8H2,1-3H3,(H,17,19). The number of amides is 1. The molecule has 1 aromatic rings. The fourth-order valence-electron chi connectivity index (χ4n) is 1.48. The Kier molecular flexibility index (Phi) is 6.21. The van der Waals surface area contributed by atoms with Crippen LogP contribution in [0.1, 0.15) is 27.2 Å². The van der Waals surface area contributed by atoms with E-state index in [4.69, 9.17) is 9.47 Å². The predicted octanol–water partition coefficient (Wildman–Crippen LogP) is 3.66. The highest BCUT2D eigenvalue weighted by Gasteiger charge is 2.17. The summed E-state index contributed by atoms with van der Waals surface area (Å²) in [5, 5.41) is 4.91. The van der Waals surface area contributed by atoms with Crippen LogP contribution in [0.4, 0.5) is 19.3 Å². The van der Waals surface area contributed by atoms with Gasteiger partial charge in [0.1, 0.15) is 11.3 Å². The van der Waals surface area contributed by atoms with E-state index in [-0.39, 0.29) is 13.2 Å². The first-order valence-corrected chi connectivity index (χ1v) is 6.65. The van der Waals surface area contributed by atoms with Crippen LogP contribution < -0.4 is 10.1 Å². The van der Waals surface area contributed by atoms with E-state index in [9.17, 15) is 18.5 Å². The van der Waals surface area contributed by atoms with Gasteiger partial charge in [0.05, 0.1) is 6.61 Å². The summed E-state index contributed by atoms with van der Waals surface area (Å²) in [7, 11) is 0. The number of hydrogen-bond acceptors (Lipinski definition) is 5. The summed E-state index contributed by atoms with van der Waals surface area (Å²) in [4.78, 5) is 21.7. The average molecular weight is 316 g/mol. The van der Waals surface area contributed by atoms with Crippen molar-refractivity contribution in [3.8, 4) is 5.75 Å². The highest BCUT2D eigenvalue weighted by atomic mass is 19.1. The molecule has 1 N–H and O–H groups in total. The number of benzene rings is 1. The fourth-order valence-corrected chi connectivity index (χ4v) is 1.48. The molecule has 0 atom stereocenters. The second-order valence-corrected chi connectivity index (χ2v) is 5.43. The average Bonchev–Trinajstić information content (AvgIpc) is 2.40.